The highest BCUT2D eigenvalue weighted by Crippen LogP contribution is 2.33. The van der Waals surface area contributed by atoms with Crippen molar-refractivity contribution >= 4 is 11.7 Å². The predicted molar refractivity (Wildman–Crippen MR) is 78.1 cm³/mol. The van der Waals surface area contributed by atoms with E-state index in [1.807, 2.05) is 13.8 Å². The van der Waals surface area contributed by atoms with Crippen LogP contribution in [-0.4, -0.2) is 16.8 Å². The second kappa shape index (κ2) is 6.85. The van der Waals surface area contributed by atoms with Crippen LogP contribution < -0.4 is 10.5 Å². The molecule has 0 fully saturated rings. The third-order valence-corrected chi connectivity index (χ3v) is 3.73. The molecular formula is C14H20FN2O2S+. The highest BCUT2D eigenvalue weighted by atomic mass is 32.1. The summed E-state index contributed by atoms with van der Waals surface area (Å²) in [5, 5.41) is 0. The van der Waals surface area contributed by atoms with Crippen molar-refractivity contribution in [1.29, 1.82) is 0 Å². The molecular weight excluding hydrogens is 279 g/mol. The second-order valence-electron chi connectivity index (χ2n) is 5.22. The normalized spacial score (nSPS) is 14.4. The molecule has 4 nitrogen and oxygen atoms in total. The maximum absolute atomic E-state index is 13.4. The molecule has 1 unspecified atom stereocenters. The molecule has 20 heavy (non-hydrogen) atoms. The molecule has 0 amide bonds. The van der Waals surface area contributed by atoms with Crippen molar-refractivity contribution in [1.82, 2.24) is 4.98 Å². The van der Waals surface area contributed by atoms with E-state index < -0.39 is 16.6 Å². The first-order chi connectivity index (χ1) is 9.34. The van der Waals surface area contributed by atoms with E-state index in [-0.39, 0.29) is 5.92 Å². The van der Waals surface area contributed by atoms with E-state index in [4.69, 9.17) is 10.5 Å². The molecule has 0 aliphatic heterocycles. The zero-order chi connectivity index (χ0) is 15.3. The molecule has 0 aromatic carbocycles. The van der Waals surface area contributed by atoms with Gasteiger partial charge in [0.05, 0.1) is 13.3 Å². The molecule has 1 heterocycles. The van der Waals surface area contributed by atoms with E-state index in [0.717, 1.165) is 6.20 Å². The molecule has 0 aliphatic carbocycles. The van der Waals surface area contributed by atoms with Crippen molar-refractivity contribution in [2.45, 2.75) is 31.1 Å². The average Bonchev–Trinajstić information content (AvgIpc) is 2.44. The van der Waals surface area contributed by atoms with Crippen LogP contribution in [-0.2, 0) is 15.9 Å². The molecule has 1 rings (SSSR count). The summed E-state index contributed by atoms with van der Waals surface area (Å²) in [5.74, 6) is -0.362. The SMILES string of the molecule is C=CC(CC(C)(C)[S+]=O)[C@@H](N)c1cc(F)cnc1OC. The van der Waals surface area contributed by atoms with Gasteiger partial charge < -0.3 is 10.5 Å². The summed E-state index contributed by atoms with van der Waals surface area (Å²) in [4.78, 5) is 3.87. The lowest BCUT2D eigenvalue weighted by atomic mass is 9.87. The van der Waals surface area contributed by atoms with Crippen LogP contribution in [0.2, 0.25) is 0 Å². The number of ether oxygens (including phenoxy) is 1. The van der Waals surface area contributed by atoms with Crippen molar-refractivity contribution in [3.05, 3.63) is 36.3 Å². The lowest BCUT2D eigenvalue weighted by molar-refractivity contribution is 0.369. The van der Waals surface area contributed by atoms with Crippen molar-refractivity contribution < 1.29 is 13.3 Å². The van der Waals surface area contributed by atoms with Gasteiger partial charge in [-0.2, -0.15) is 0 Å². The molecule has 0 radical (unpaired) electrons. The van der Waals surface area contributed by atoms with Gasteiger partial charge in [0.2, 0.25) is 10.6 Å². The van der Waals surface area contributed by atoms with Gasteiger partial charge in [-0.1, -0.05) is 6.08 Å². The number of nitrogens with zero attached hydrogens (tertiary/aromatic N) is 1. The van der Waals surface area contributed by atoms with Gasteiger partial charge in [0.25, 0.3) is 0 Å². The molecule has 0 saturated heterocycles. The lowest BCUT2D eigenvalue weighted by Gasteiger charge is -2.23. The molecule has 0 spiro atoms. The maximum Gasteiger partial charge on any atom is 0.464 e. The van der Waals surface area contributed by atoms with Crippen LogP contribution in [0, 0.1) is 11.7 Å². The van der Waals surface area contributed by atoms with Crippen LogP contribution in [0.25, 0.3) is 0 Å². The van der Waals surface area contributed by atoms with E-state index in [1.54, 1.807) is 6.08 Å². The Morgan fingerprint density at radius 1 is 1.65 bits per heavy atom. The number of hydrogen-bond acceptors (Lipinski definition) is 4. The highest BCUT2D eigenvalue weighted by molar-refractivity contribution is 7.67. The first-order valence-electron chi connectivity index (χ1n) is 6.23. The fourth-order valence-electron chi connectivity index (χ4n) is 2.04. The lowest BCUT2D eigenvalue weighted by Crippen LogP contribution is -2.29. The number of aromatic nitrogens is 1. The quantitative estimate of drug-likeness (QED) is 0.621. The van der Waals surface area contributed by atoms with Gasteiger partial charge in [0, 0.05) is 28.2 Å². The summed E-state index contributed by atoms with van der Waals surface area (Å²) in [6, 6.07) is 0.779. The third kappa shape index (κ3) is 4.05. The standard InChI is InChI=1S/C14H20FN2O2S/c1-5-9(7-14(2,3)20-18)12(16)11-6-10(15)8-17-13(11)19-4/h5-6,8-9,12H,1,7,16H2,2-4H3/q+1/t9?,12-/m1/s1. The Hall–Kier alpha value is -1.40. The van der Waals surface area contributed by atoms with E-state index in [1.165, 1.54) is 13.2 Å². The summed E-state index contributed by atoms with van der Waals surface area (Å²) in [6.45, 7) is 7.44. The molecule has 1 aromatic rings. The first kappa shape index (κ1) is 16.7. The van der Waals surface area contributed by atoms with Crippen LogP contribution in [0.3, 0.4) is 0 Å². The number of nitrogens with two attached hydrogens (primary N) is 1. The summed E-state index contributed by atoms with van der Waals surface area (Å²) < 4.78 is 29.1. The van der Waals surface area contributed by atoms with Gasteiger partial charge in [-0.3, -0.25) is 0 Å². The van der Waals surface area contributed by atoms with Crippen LogP contribution in [0.1, 0.15) is 31.9 Å². The molecule has 1 aromatic heterocycles. The zero-order valence-corrected chi connectivity index (χ0v) is 12.7. The molecule has 0 aliphatic rings. The fourth-order valence-corrected chi connectivity index (χ4v) is 2.30. The second-order valence-corrected chi connectivity index (χ2v) is 6.50. The van der Waals surface area contributed by atoms with Crippen LogP contribution >= 0.6 is 0 Å². The van der Waals surface area contributed by atoms with Crippen molar-refractivity contribution in [2.24, 2.45) is 11.7 Å². The minimum atomic E-state index is -0.530. The van der Waals surface area contributed by atoms with Gasteiger partial charge in [-0.15, -0.1) is 6.58 Å². The highest BCUT2D eigenvalue weighted by Gasteiger charge is 2.37. The van der Waals surface area contributed by atoms with E-state index >= 15 is 0 Å². The van der Waals surface area contributed by atoms with Gasteiger partial charge in [0.15, 0.2) is 0 Å². The van der Waals surface area contributed by atoms with Gasteiger partial charge >= 0.3 is 11.7 Å². The molecule has 2 N–H and O–H groups in total. The Morgan fingerprint density at radius 2 is 2.30 bits per heavy atom. The minimum absolute atomic E-state index is 0.177. The smallest absolute Gasteiger partial charge is 0.464 e. The Morgan fingerprint density at radius 3 is 2.80 bits per heavy atom. The van der Waals surface area contributed by atoms with E-state index in [2.05, 4.69) is 11.6 Å². The topological polar surface area (TPSA) is 65.2 Å². The van der Waals surface area contributed by atoms with Gasteiger partial charge in [-0.05, 0) is 19.9 Å². The third-order valence-electron chi connectivity index (χ3n) is 3.11. The Labute approximate surface area is 122 Å². The van der Waals surface area contributed by atoms with Crippen molar-refractivity contribution in [3.63, 3.8) is 0 Å². The molecule has 0 bridgehead atoms. The number of pyridine rings is 1. The summed E-state index contributed by atoms with van der Waals surface area (Å²) >= 11 is 0.522. The summed E-state index contributed by atoms with van der Waals surface area (Å²) in [6.07, 6.45) is 3.30. The maximum atomic E-state index is 13.4. The number of hydrogen-bond donors (Lipinski definition) is 1. The Bertz CT molecular complexity index is 494. The van der Waals surface area contributed by atoms with Crippen LogP contribution in [0.5, 0.6) is 5.88 Å². The van der Waals surface area contributed by atoms with Gasteiger partial charge in [-0.25, -0.2) is 9.37 Å². The van der Waals surface area contributed by atoms with E-state index in [9.17, 15) is 8.60 Å². The van der Waals surface area contributed by atoms with Gasteiger partial charge in [0.1, 0.15) is 5.82 Å². The van der Waals surface area contributed by atoms with Crippen LogP contribution in [0.4, 0.5) is 4.39 Å². The summed E-state index contributed by atoms with van der Waals surface area (Å²) in [7, 11) is 1.46. The molecule has 0 saturated carbocycles. The fraction of sp³-hybridized carbons (Fsp3) is 0.500. The minimum Gasteiger partial charge on any atom is -0.481 e. The number of methoxy groups -OCH3 is 1. The zero-order valence-electron chi connectivity index (χ0n) is 11.9. The average molecular weight is 299 g/mol. The first-order valence-corrected chi connectivity index (χ1v) is 6.97. The Balaban J connectivity index is 3.07. The van der Waals surface area contributed by atoms with Crippen LogP contribution in [0.15, 0.2) is 24.9 Å². The molecule has 6 heteroatoms. The molecule has 2 atom stereocenters. The van der Waals surface area contributed by atoms with Crippen molar-refractivity contribution in [3.8, 4) is 5.88 Å². The number of rotatable bonds is 7. The van der Waals surface area contributed by atoms with Crippen molar-refractivity contribution in [2.75, 3.05) is 7.11 Å². The number of halogens is 1. The Kier molecular flexibility index (Phi) is 5.71. The summed E-state index contributed by atoms with van der Waals surface area (Å²) in [5.41, 5.74) is 6.66. The largest absolute Gasteiger partial charge is 0.481 e. The predicted octanol–water partition coefficient (Wildman–Crippen LogP) is 2.63. The monoisotopic (exact) mass is 299 g/mol. The van der Waals surface area contributed by atoms with E-state index in [0.29, 0.717) is 29.5 Å². The molecule has 110 valence electrons.